The van der Waals surface area contributed by atoms with Gasteiger partial charge in [-0.2, -0.15) is 0 Å². The van der Waals surface area contributed by atoms with Gasteiger partial charge in [-0.1, -0.05) is 26.0 Å². The predicted octanol–water partition coefficient (Wildman–Crippen LogP) is 3.54. The lowest BCUT2D eigenvalue weighted by molar-refractivity contribution is -0.139. The fourth-order valence-electron chi connectivity index (χ4n) is 1.95. The first-order valence-electron chi connectivity index (χ1n) is 6.16. The molecule has 0 atom stereocenters. The average molecular weight is 339 g/mol. The Bertz CT molecular complexity index is 622. The summed E-state index contributed by atoms with van der Waals surface area (Å²) in [6.07, 6.45) is 0.483. The molecule has 0 saturated carbocycles. The molecule has 2 aromatic rings. The monoisotopic (exact) mass is 338 g/mol. The van der Waals surface area contributed by atoms with Crippen molar-refractivity contribution in [3.05, 3.63) is 34.6 Å². The fourth-order valence-corrected chi connectivity index (χ4v) is 2.40. The van der Waals surface area contributed by atoms with Crippen molar-refractivity contribution in [2.45, 2.75) is 26.7 Å². The topological polar surface area (TPSA) is 76.2 Å². The maximum atomic E-state index is 10.8. The van der Waals surface area contributed by atoms with E-state index in [9.17, 15) is 4.79 Å². The first kappa shape index (κ1) is 14.7. The zero-order valence-electron chi connectivity index (χ0n) is 11.3. The maximum absolute atomic E-state index is 10.8. The Balaban J connectivity index is 2.18. The number of carboxylic acid groups (broad SMARTS) is 1. The Kier molecular flexibility index (Phi) is 4.23. The van der Waals surface area contributed by atoms with Gasteiger partial charge in [0.15, 0.2) is 0 Å². The van der Waals surface area contributed by atoms with E-state index in [-0.39, 0.29) is 6.42 Å². The van der Waals surface area contributed by atoms with Gasteiger partial charge in [-0.05, 0) is 33.5 Å². The molecule has 0 spiro atoms. The number of halogens is 1. The van der Waals surface area contributed by atoms with Crippen molar-refractivity contribution in [3.63, 3.8) is 0 Å². The van der Waals surface area contributed by atoms with Crippen molar-refractivity contribution in [3.8, 4) is 11.5 Å². The average Bonchev–Trinajstić information content (AvgIpc) is 2.75. The highest BCUT2D eigenvalue weighted by Gasteiger charge is 2.25. The molecule has 0 amide bonds. The molecular weight excluding hydrogens is 324 g/mol. The highest BCUT2D eigenvalue weighted by atomic mass is 79.9. The summed E-state index contributed by atoms with van der Waals surface area (Å²) in [5.74, 6) is 0.0427. The van der Waals surface area contributed by atoms with E-state index in [4.69, 9.17) is 9.52 Å². The number of aliphatic carboxylic acids is 1. The van der Waals surface area contributed by atoms with Crippen LogP contribution in [0.25, 0.3) is 11.5 Å². The van der Waals surface area contributed by atoms with Crippen molar-refractivity contribution >= 4 is 21.9 Å². The van der Waals surface area contributed by atoms with Crippen LogP contribution in [0.4, 0.5) is 0 Å². The van der Waals surface area contributed by atoms with Gasteiger partial charge in [0, 0.05) is 10.9 Å². The van der Waals surface area contributed by atoms with E-state index < -0.39 is 11.4 Å². The Morgan fingerprint density at radius 1 is 1.35 bits per heavy atom. The molecule has 1 heterocycles. The molecule has 0 unspecified atom stereocenters. The third-order valence-electron chi connectivity index (χ3n) is 2.83. The van der Waals surface area contributed by atoms with E-state index in [1.165, 1.54) is 0 Å². The summed E-state index contributed by atoms with van der Waals surface area (Å²) in [5.41, 5.74) is 0.395. The minimum absolute atomic E-state index is 0.0553. The Morgan fingerprint density at radius 2 is 2.05 bits per heavy atom. The lowest BCUT2D eigenvalue weighted by atomic mass is 9.86. The summed E-state index contributed by atoms with van der Waals surface area (Å²) < 4.78 is 6.50. The number of carbonyl (C=O) groups is 1. The molecule has 1 aromatic heterocycles. The summed E-state index contributed by atoms with van der Waals surface area (Å²) in [5, 5.41) is 16.9. The minimum Gasteiger partial charge on any atom is -0.481 e. The Morgan fingerprint density at radius 3 is 2.70 bits per heavy atom. The van der Waals surface area contributed by atoms with E-state index in [0.29, 0.717) is 18.2 Å². The number of aromatic nitrogens is 2. The van der Waals surface area contributed by atoms with Crippen LogP contribution >= 0.6 is 15.9 Å². The van der Waals surface area contributed by atoms with Gasteiger partial charge in [-0.15, -0.1) is 10.2 Å². The highest BCUT2D eigenvalue weighted by Crippen LogP contribution is 2.29. The molecule has 1 aromatic carbocycles. The van der Waals surface area contributed by atoms with Crippen LogP contribution in [0.2, 0.25) is 0 Å². The summed E-state index contributed by atoms with van der Waals surface area (Å²) in [6, 6.07) is 7.57. The van der Waals surface area contributed by atoms with Gasteiger partial charge >= 0.3 is 5.97 Å². The minimum atomic E-state index is -0.833. The van der Waals surface area contributed by atoms with E-state index >= 15 is 0 Å². The maximum Gasteiger partial charge on any atom is 0.303 e. The molecule has 0 aliphatic heterocycles. The molecule has 20 heavy (non-hydrogen) atoms. The summed E-state index contributed by atoms with van der Waals surface area (Å²) in [4.78, 5) is 10.8. The standard InChI is InChI=1S/C14H15BrN2O3/c1-14(2,8-12(18)19)7-11-16-17-13(20-11)9-5-3-4-6-10(9)15/h3-6H,7-8H2,1-2H3,(H,18,19). The van der Waals surface area contributed by atoms with Crippen LogP contribution in [0, 0.1) is 5.41 Å². The van der Waals surface area contributed by atoms with Gasteiger partial charge in [0.25, 0.3) is 0 Å². The second-order valence-corrected chi connectivity index (χ2v) is 6.25. The van der Waals surface area contributed by atoms with Gasteiger partial charge in [-0.3, -0.25) is 4.79 Å². The molecule has 106 valence electrons. The van der Waals surface area contributed by atoms with Crippen molar-refractivity contribution < 1.29 is 14.3 Å². The Hall–Kier alpha value is -1.69. The molecule has 6 heteroatoms. The molecule has 0 bridgehead atoms. The molecular formula is C14H15BrN2O3. The lowest BCUT2D eigenvalue weighted by Crippen LogP contribution is -2.19. The van der Waals surface area contributed by atoms with Crippen LogP contribution in [-0.2, 0) is 11.2 Å². The van der Waals surface area contributed by atoms with Crippen LogP contribution in [0.15, 0.2) is 33.2 Å². The number of rotatable bonds is 5. The van der Waals surface area contributed by atoms with Crippen LogP contribution in [-0.4, -0.2) is 21.3 Å². The van der Waals surface area contributed by atoms with Crippen molar-refractivity contribution in [1.29, 1.82) is 0 Å². The van der Waals surface area contributed by atoms with E-state index in [2.05, 4.69) is 26.1 Å². The molecule has 0 aliphatic carbocycles. The molecule has 0 aliphatic rings. The number of nitrogens with zero attached hydrogens (tertiary/aromatic N) is 2. The summed E-state index contributed by atoms with van der Waals surface area (Å²) in [6.45, 7) is 3.73. The first-order chi connectivity index (χ1) is 9.37. The van der Waals surface area contributed by atoms with Crippen LogP contribution in [0.1, 0.15) is 26.2 Å². The summed E-state index contributed by atoms with van der Waals surface area (Å²) >= 11 is 3.43. The summed E-state index contributed by atoms with van der Waals surface area (Å²) in [7, 11) is 0. The van der Waals surface area contributed by atoms with Crippen LogP contribution in [0.5, 0.6) is 0 Å². The van der Waals surface area contributed by atoms with Gasteiger partial charge in [0.05, 0.1) is 12.0 Å². The molecule has 0 saturated heterocycles. The van der Waals surface area contributed by atoms with Gasteiger partial charge in [-0.25, -0.2) is 0 Å². The number of hydrogen-bond acceptors (Lipinski definition) is 4. The zero-order valence-corrected chi connectivity index (χ0v) is 12.8. The third-order valence-corrected chi connectivity index (χ3v) is 3.52. The zero-order chi connectivity index (χ0) is 14.8. The van der Waals surface area contributed by atoms with Gasteiger partial charge in [0.2, 0.25) is 11.8 Å². The van der Waals surface area contributed by atoms with Gasteiger partial charge < -0.3 is 9.52 Å². The SMILES string of the molecule is CC(C)(CC(=O)O)Cc1nnc(-c2ccccc2Br)o1. The van der Waals surface area contributed by atoms with Gasteiger partial charge in [0.1, 0.15) is 0 Å². The quantitative estimate of drug-likeness (QED) is 0.902. The number of benzene rings is 1. The van der Waals surface area contributed by atoms with Crippen LogP contribution < -0.4 is 0 Å². The fraction of sp³-hybridized carbons (Fsp3) is 0.357. The highest BCUT2D eigenvalue weighted by molar-refractivity contribution is 9.10. The van der Waals surface area contributed by atoms with E-state index in [0.717, 1.165) is 10.0 Å². The van der Waals surface area contributed by atoms with E-state index in [1.807, 2.05) is 38.1 Å². The largest absolute Gasteiger partial charge is 0.481 e. The molecule has 1 N–H and O–H groups in total. The van der Waals surface area contributed by atoms with Crippen molar-refractivity contribution in [2.24, 2.45) is 5.41 Å². The van der Waals surface area contributed by atoms with E-state index in [1.54, 1.807) is 0 Å². The smallest absolute Gasteiger partial charge is 0.303 e. The number of carboxylic acids is 1. The Labute approximate surface area is 125 Å². The normalized spacial score (nSPS) is 11.6. The van der Waals surface area contributed by atoms with Crippen molar-refractivity contribution in [1.82, 2.24) is 10.2 Å². The predicted molar refractivity (Wildman–Crippen MR) is 77.2 cm³/mol. The second-order valence-electron chi connectivity index (χ2n) is 5.39. The first-order valence-corrected chi connectivity index (χ1v) is 6.96. The molecule has 2 rings (SSSR count). The van der Waals surface area contributed by atoms with Crippen molar-refractivity contribution in [2.75, 3.05) is 0 Å². The lowest BCUT2D eigenvalue weighted by Gasteiger charge is -2.19. The third kappa shape index (κ3) is 3.66. The number of hydrogen-bond donors (Lipinski definition) is 1. The van der Waals surface area contributed by atoms with Crippen LogP contribution in [0.3, 0.4) is 0 Å². The molecule has 0 radical (unpaired) electrons. The molecule has 0 fully saturated rings. The second kappa shape index (κ2) is 5.75. The molecule has 5 nitrogen and oxygen atoms in total.